The number of hydrogen-bond donors (Lipinski definition) is 2. The first-order valence-electron chi connectivity index (χ1n) is 10.2. The first-order valence-corrected chi connectivity index (χ1v) is 11.9. The Labute approximate surface area is 177 Å². The van der Waals surface area contributed by atoms with Gasteiger partial charge in [-0.25, -0.2) is 8.42 Å². The average Bonchev–Trinajstić information content (AvgIpc) is 3.21. The second-order valence-electron chi connectivity index (χ2n) is 8.18. The molecule has 0 atom stereocenters. The number of H-pyrrole nitrogens is 1. The fourth-order valence-electron chi connectivity index (χ4n) is 3.46. The molecular weight excluding hydrogens is 408 g/mol. The van der Waals surface area contributed by atoms with Crippen molar-refractivity contribution >= 4 is 27.3 Å². The van der Waals surface area contributed by atoms with Gasteiger partial charge in [0, 0.05) is 19.6 Å². The third-order valence-corrected chi connectivity index (χ3v) is 8.37. The molecule has 0 unspecified atom stereocenters. The van der Waals surface area contributed by atoms with Crippen LogP contribution < -0.4 is 5.32 Å². The van der Waals surface area contributed by atoms with Crippen molar-refractivity contribution in [3.05, 3.63) is 23.7 Å². The van der Waals surface area contributed by atoms with Crippen LogP contribution in [0.5, 0.6) is 0 Å². The molecule has 0 bridgehead atoms. The Balaban J connectivity index is 1.62. The number of carbonyl (C=O) groups is 1. The first-order chi connectivity index (χ1) is 14.2. The normalized spacial score (nSPS) is 18.5. The van der Waals surface area contributed by atoms with Gasteiger partial charge in [0.1, 0.15) is 4.75 Å². The highest BCUT2D eigenvalue weighted by Crippen LogP contribution is 2.27. The van der Waals surface area contributed by atoms with Crippen LogP contribution in [0.1, 0.15) is 51.8 Å². The zero-order valence-corrected chi connectivity index (χ0v) is 18.5. The third kappa shape index (κ3) is 5.10. The third-order valence-electron chi connectivity index (χ3n) is 5.86. The van der Waals surface area contributed by atoms with E-state index in [1.807, 2.05) is 12.2 Å². The molecule has 1 amide bonds. The van der Waals surface area contributed by atoms with Crippen LogP contribution in [0.25, 0.3) is 5.57 Å². The molecule has 0 spiro atoms. The van der Waals surface area contributed by atoms with E-state index in [9.17, 15) is 13.2 Å². The minimum absolute atomic E-state index is 0.0270. The summed E-state index contributed by atoms with van der Waals surface area (Å²) in [5.41, 5.74) is 0.937. The number of aromatic nitrogens is 3. The van der Waals surface area contributed by atoms with Crippen LogP contribution >= 0.6 is 0 Å². The van der Waals surface area contributed by atoms with E-state index in [4.69, 9.17) is 9.47 Å². The molecule has 3 rings (SSSR count). The van der Waals surface area contributed by atoms with Gasteiger partial charge in [-0.3, -0.25) is 10.1 Å². The van der Waals surface area contributed by atoms with E-state index in [0.717, 1.165) is 37.0 Å². The molecule has 2 N–H and O–H groups in total. The van der Waals surface area contributed by atoms with Crippen molar-refractivity contribution in [2.75, 3.05) is 31.4 Å². The smallest absolute Gasteiger partial charge is 0.247 e. The van der Waals surface area contributed by atoms with Gasteiger partial charge < -0.3 is 14.5 Å². The summed E-state index contributed by atoms with van der Waals surface area (Å²) in [6, 6.07) is 0. The predicted molar refractivity (Wildman–Crippen MR) is 113 cm³/mol. The van der Waals surface area contributed by atoms with E-state index in [1.165, 1.54) is 13.8 Å². The minimum atomic E-state index is -3.65. The van der Waals surface area contributed by atoms with Crippen molar-refractivity contribution in [3.63, 3.8) is 0 Å². The van der Waals surface area contributed by atoms with Gasteiger partial charge in [-0.2, -0.15) is 0 Å². The maximum Gasteiger partial charge on any atom is 0.247 e. The molecule has 1 aromatic rings. The summed E-state index contributed by atoms with van der Waals surface area (Å²) in [6.07, 6.45) is 7.50. The van der Waals surface area contributed by atoms with Crippen LogP contribution in [-0.2, 0) is 24.1 Å². The summed E-state index contributed by atoms with van der Waals surface area (Å²) in [7, 11) is -2.02. The van der Waals surface area contributed by atoms with Crippen molar-refractivity contribution in [1.29, 1.82) is 0 Å². The highest BCUT2D eigenvalue weighted by molar-refractivity contribution is 7.93. The van der Waals surface area contributed by atoms with Crippen LogP contribution in [-0.4, -0.2) is 60.3 Å². The molecule has 1 aliphatic heterocycles. The molecule has 0 radical (unpaired) electrons. The highest BCUT2D eigenvalue weighted by Gasteiger charge is 2.42. The maximum absolute atomic E-state index is 12.9. The van der Waals surface area contributed by atoms with Gasteiger partial charge in [-0.05, 0) is 57.1 Å². The predicted octanol–water partition coefficient (Wildman–Crippen LogP) is 2.46. The number of nitrogens with one attached hydrogen (secondary N) is 2. The molecule has 166 valence electrons. The summed E-state index contributed by atoms with van der Waals surface area (Å²) in [5.74, 6) is 1.22. The summed E-state index contributed by atoms with van der Waals surface area (Å²) < 4.78 is 34.7. The van der Waals surface area contributed by atoms with Crippen LogP contribution in [0.4, 0.5) is 5.95 Å². The van der Waals surface area contributed by atoms with Crippen molar-refractivity contribution < 1.29 is 22.7 Å². The Kier molecular flexibility index (Phi) is 6.97. The van der Waals surface area contributed by atoms with Crippen molar-refractivity contribution in [2.45, 2.75) is 50.7 Å². The van der Waals surface area contributed by atoms with Crippen molar-refractivity contribution in [1.82, 2.24) is 15.2 Å². The monoisotopic (exact) mass is 438 g/mol. The van der Waals surface area contributed by atoms with E-state index in [1.54, 1.807) is 7.11 Å². The number of carbonyl (C=O) groups excluding carboxylic acids is 1. The zero-order valence-electron chi connectivity index (χ0n) is 17.7. The topological polar surface area (TPSA) is 123 Å². The van der Waals surface area contributed by atoms with Gasteiger partial charge in [0.05, 0.1) is 18.6 Å². The zero-order chi connectivity index (χ0) is 21.8. The number of allylic oxidation sites excluding steroid dienone is 4. The molecule has 10 heteroatoms. The SMILES string of the molecule is COC1=CC=C(c2nnc(NC(=O)C(C)(C)S(=O)(=O)CCC3CCOCC3)[nH]2)CC1. The largest absolute Gasteiger partial charge is 0.501 e. The number of anilines is 1. The number of sulfone groups is 1. The molecule has 0 aromatic carbocycles. The van der Waals surface area contributed by atoms with Crippen LogP contribution in [0, 0.1) is 5.92 Å². The van der Waals surface area contributed by atoms with E-state index < -0.39 is 20.5 Å². The molecule has 1 aromatic heterocycles. The van der Waals surface area contributed by atoms with Gasteiger partial charge in [0.15, 0.2) is 15.7 Å². The standard InChI is InChI=1S/C20H30N4O5S/c1-20(2,30(26,27)13-10-14-8-11-29-12-9-14)18(25)22-19-21-17(23-24-19)15-4-6-16(28-3)7-5-15/h4,6,14H,5,7-13H2,1-3H3,(H2,21,22,23,24,25). The summed E-state index contributed by atoms with van der Waals surface area (Å²) in [6.45, 7) is 4.20. The van der Waals surface area contributed by atoms with Gasteiger partial charge in [-0.1, -0.05) is 6.08 Å². The lowest BCUT2D eigenvalue weighted by atomic mass is 9.98. The summed E-state index contributed by atoms with van der Waals surface area (Å²) >= 11 is 0. The van der Waals surface area contributed by atoms with Gasteiger partial charge in [0.2, 0.25) is 11.9 Å². The first kappa shape index (κ1) is 22.5. The Morgan fingerprint density at radius 2 is 2.00 bits per heavy atom. The molecule has 1 saturated heterocycles. The lowest BCUT2D eigenvalue weighted by molar-refractivity contribution is -0.117. The maximum atomic E-state index is 12.9. The van der Waals surface area contributed by atoms with Crippen molar-refractivity contribution in [2.24, 2.45) is 5.92 Å². The molecule has 30 heavy (non-hydrogen) atoms. The lowest BCUT2D eigenvalue weighted by Crippen LogP contribution is -2.46. The fourth-order valence-corrected chi connectivity index (χ4v) is 4.95. The molecule has 1 fully saturated rings. The van der Waals surface area contributed by atoms with Gasteiger partial charge >= 0.3 is 0 Å². The second-order valence-corrected chi connectivity index (χ2v) is 10.8. The van der Waals surface area contributed by atoms with Crippen LogP contribution in [0.3, 0.4) is 0 Å². The highest BCUT2D eigenvalue weighted by atomic mass is 32.2. The second kappa shape index (κ2) is 9.30. The van der Waals surface area contributed by atoms with E-state index in [2.05, 4.69) is 20.5 Å². The number of ether oxygens (including phenoxy) is 2. The molecular formula is C20H30N4O5S. The number of rotatable bonds is 8. The number of nitrogens with zero attached hydrogens (tertiary/aromatic N) is 2. The van der Waals surface area contributed by atoms with E-state index in [-0.39, 0.29) is 11.7 Å². The Hall–Kier alpha value is -2.20. The number of aromatic amines is 1. The molecule has 2 aliphatic rings. The number of methoxy groups -OCH3 is 1. The fraction of sp³-hybridized carbons (Fsp3) is 0.650. The Morgan fingerprint density at radius 3 is 2.63 bits per heavy atom. The molecule has 9 nitrogen and oxygen atoms in total. The number of amides is 1. The van der Waals surface area contributed by atoms with Crippen LogP contribution in [0.15, 0.2) is 17.9 Å². The van der Waals surface area contributed by atoms with Gasteiger partial charge in [-0.15, -0.1) is 10.2 Å². The van der Waals surface area contributed by atoms with E-state index >= 15 is 0 Å². The van der Waals surface area contributed by atoms with Gasteiger partial charge in [0.25, 0.3) is 0 Å². The Morgan fingerprint density at radius 1 is 1.27 bits per heavy atom. The number of hydrogen-bond acceptors (Lipinski definition) is 7. The lowest BCUT2D eigenvalue weighted by Gasteiger charge is -2.26. The Bertz CT molecular complexity index is 927. The molecule has 2 heterocycles. The molecule has 1 aliphatic carbocycles. The van der Waals surface area contributed by atoms with Crippen LogP contribution in [0.2, 0.25) is 0 Å². The van der Waals surface area contributed by atoms with Crippen molar-refractivity contribution in [3.8, 4) is 0 Å². The summed E-state index contributed by atoms with van der Waals surface area (Å²) in [4.78, 5) is 15.7. The minimum Gasteiger partial charge on any atom is -0.501 e. The van der Waals surface area contributed by atoms with E-state index in [0.29, 0.717) is 31.4 Å². The molecule has 0 saturated carbocycles. The quantitative estimate of drug-likeness (QED) is 0.639. The summed E-state index contributed by atoms with van der Waals surface area (Å²) in [5, 5.41) is 10.6. The average molecular weight is 439 g/mol.